The fourth-order valence-electron chi connectivity index (χ4n) is 3.32. The molecule has 1 amide bonds. The molecule has 0 radical (unpaired) electrons. The minimum absolute atomic E-state index is 0.155. The Labute approximate surface area is 172 Å². The average molecular weight is 397 g/mol. The highest BCUT2D eigenvalue weighted by atomic mass is 16.4. The third-order valence-corrected chi connectivity index (χ3v) is 4.70. The molecule has 3 N–H and O–H groups in total. The molecule has 4 rings (SSSR count). The molecule has 30 heavy (non-hydrogen) atoms. The van der Waals surface area contributed by atoms with Gasteiger partial charge in [-0.2, -0.15) is 0 Å². The summed E-state index contributed by atoms with van der Waals surface area (Å²) in [6.45, 7) is 0. The van der Waals surface area contributed by atoms with E-state index >= 15 is 0 Å². The van der Waals surface area contributed by atoms with Gasteiger partial charge in [-0.1, -0.05) is 60.7 Å². The molecule has 0 saturated heterocycles. The van der Waals surface area contributed by atoms with Gasteiger partial charge in [0.15, 0.2) is 0 Å². The van der Waals surface area contributed by atoms with Gasteiger partial charge in [0, 0.05) is 23.3 Å². The van der Waals surface area contributed by atoms with Crippen LogP contribution in [0.1, 0.15) is 16.7 Å². The SMILES string of the molecule is O=C(Cc1ccccc1)Nc1ccnc2[nH]cc(C=C(C(=O)O)c3ccccc3)c12. The first-order valence-corrected chi connectivity index (χ1v) is 9.42. The van der Waals surface area contributed by atoms with Gasteiger partial charge in [0.1, 0.15) is 5.65 Å². The topological polar surface area (TPSA) is 95.1 Å². The molecule has 0 aliphatic heterocycles. The normalized spacial score (nSPS) is 11.4. The van der Waals surface area contributed by atoms with Gasteiger partial charge >= 0.3 is 5.97 Å². The van der Waals surface area contributed by atoms with Crippen LogP contribution in [0.25, 0.3) is 22.7 Å². The Morgan fingerprint density at radius 3 is 2.40 bits per heavy atom. The van der Waals surface area contributed by atoms with Crippen molar-refractivity contribution in [2.24, 2.45) is 0 Å². The number of carbonyl (C=O) groups excluding carboxylic acids is 1. The van der Waals surface area contributed by atoms with Gasteiger partial charge in [-0.25, -0.2) is 9.78 Å². The number of hydrogen-bond acceptors (Lipinski definition) is 3. The maximum Gasteiger partial charge on any atom is 0.336 e. The monoisotopic (exact) mass is 397 g/mol. The Balaban J connectivity index is 1.70. The molecule has 2 heterocycles. The smallest absolute Gasteiger partial charge is 0.336 e. The van der Waals surface area contributed by atoms with Crippen molar-refractivity contribution in [3.05, 3.63) is 95.8 Å². The van der Waals surface area contributed by atoms with Crippen LogP contribution < -0.4 is 5.32 Å². The summed E-state index contributed by atoms with van der Waals surface area (Å²) in [6, 6.07) is 20.1. The number of amides is 1. The lowest BCUT2D eigenvalue weighted by Gasteiger charge is -2.08. The molecule has 0 fully saturated rings. The molecule has 0 aliphatic rings. The molecule has 2 aromatic heterocycles. The molecule has 4 aromatic rings. The van der Waals surface area contributed by atoms with Crippen molar-refractivity contribution in [1.82, 2.24) is 9.97 Å². The molecule has 0 unspecified atom stereocenters. The van der Waals surface area contributed by atoms with Crippen LogP contribution in [0, 0.1) is 0 Å². The lowest BCUT2D eigenvalue weighted by Crippen LogP contribution is -2.14. The number of hydrogen-bond donors (Lipinski definition) is 3. The Morgan fingerprint density at radius 1 is 1.00 bits per heavy atom. The molecule has 0 spiro atoms. The highest BCUT2D eigenvalue weighted by molar-refractivity contribution is 6.22. The van der Waals surface area contributed by atoms with Crippen molar-refractivity contribution in [3.63, 3.8) is 0 Å². The van der Waals surface area contributed by atoms with Gasteiger partial charge < -0.3 is 15.4 Å². The first-order valence-electron chi connectivity index (χ1n) is 9.42. The summed E-state index contributed by atoms with van der Waals surface area (Å²) < 4.78 is 0. The van der Waals surface area contributed by atoms with Gasteiger partial charge in [0.25, 0.3) is 0 Å². The number of carboxylic acid groups (broad SMARTS) is 1. The van der Waals surface area contributed by atoms with E-state index in [1.807, 2.05) is 36.4 Å². The van der Waals surface area contributed by atoms with Crippen molar-refractivity contribution in [3.8, 4) is 0 Å². The van der Waals surface area contributed by atoms with Gasteiger partial charge in [-0.15, -0.1) is 0 Å². The molecular formula is C24H19N3O3. The summed E-state index contributed by atoms with van der Waals surface area (Å²) in [7, 11) is 0. The maximum absolute atomic E-state index is 12.6. The molecule has 2 aromatic carbocycles. The quantitative estimate of drug-likeness (QED) is 0.421. The third-order valence-electron chi connectivity index (χ3n) is 4.70. The zero-order chi connectivity index (χ0) is 20.9. The van der Waals surface area contributed by atoms with Gasteiger partial charge in [0.2, 0.25) is 5.91 Å². The number of carboxylic acids is 1. The van der Waals surface area contributed by atoms with Crippen molar-refractivity contribution < 1.29 is 14.7 Å². The van der Waals surface area contributed by atoms with Crippen LogP contribution in [0.5, 0.6) is 0 Å². The second-order valence-corrected chi connectivity index (χ2v) is 6.77. The number of nitrogens with zero attached hydrogens (tertiary/aromatic N) is 1. The maximum atomic E-state index is 12.6. The zero-order valence-corrected chi connectivity index (χ0v) is 16.0. The van der Waals surface area contributed by atoms with Gasteiger partial charge in [0.05, 0.1) is 17.7 Å². The Bertz CT molecular complexity index is 1230. The lowest BCUT2D eigenvalue weighted by atomic mass is 10.0. The predicted molar refractivity (Wildman–Crippen MR) is 117 cm³/mol. The molecule has 6 nitrogen and oxygen atoms in total. The Kier molecular flexibility index (Phi) is 5.39. The van der Waals surface area contributed by atoms with E-state index in [1.165, 1.54) is 0 Å². The van der Waals surface area contributed by atoms with E-state index in [-0.39, 0.29) is 17.9 Å². The van der Waals surface area contributed by atoms with Crippen LogP contribution >= 0.6 is 0 Å². The number of benzene rings is 2. The summed E-state index contributed by atoms with van der Waals surface area (Å²) in [5.41, 5.74) is 3.43. The number of fused-ring (bicyclic) bond motifs is 1. The van der Waals surface area contributed by atoms with Gasteiger partial charge in [-0.3, -0.25) is 4.79 Å². The number of pyridine rings is 1. The van der Waals surface area contributed by atoms with Crippen molar-refractivity contribution >= 4 is 40.2 Å². The van der Waals surface area contributed by atoms with Crippen molar-refractivity contribution in [2.75, 3.05) is 5.32 Å². The van der Waals surface area contributed by atoms with E-state index < -0.39 is 5.97 Å². The van der Waals surface area contributed by atoms with Crippen LogP contribution in [-0.2, 0) is 16.0 Å². The molecule has 0 aliphatic carbocycles. The van der Waals surface area contributed by atoms with E-state index in [1.54, 1.807) is 48.8 Å². The highest BCUT2D eigenvalue weighted by Gasteiger charge is 2.15. The van der Waals surface area contributed by atoms with Crippen molar-refractivity contribution in [2.45, 2.75) is 6.42 Å². The van der Waals surface area contributed by atoms with Crippen LogP contribution in [0.3, 0.4) is 0 Å². The Morgan fingerprint density at radius 2 is 1.70 bits per heavy atom. The average Bonchev–Trinajstić information content (AvgIpc) is 3.17. The number of aromatic amines is 1. The summed E-state index contributed by atoms with van der Waals surface area (Å²) in [4.78, 5) is 31.8. The van der Waals surface area contributed by atoms with Crippen LogP contribution in [-0.4, -0.2) is 27.0 Å². The fraction of sp³-hybridized carbons (Fsp3) is 0.0417. The summed E-state index contributed by atoms with van der Waals surface area (Å²) >= 11 is 0. The fourth-order valence-corrected chi connectivity index (χ4v) is 3.32. The second-order valence-electron chi connectivity index (χ2n) is 6.77. The third kappa shape index (κ3) is 4.12. The molecule has 0 saturated carbocycles. The predicted octanol–water partition coefficient (Wildman–Crippen LogP) is 4.37. The number of anilines is 1. The second kappa shape index (κ2) is 8.45. The number of carbonyl (C=O) groups is 2. The summed E-state index contributed by atoms with van der Waals surface area (Å²) in [5.74, 6) is -1.19. The zero-order valence-electron chi connectivity index (χ0n) is 16.0. The standard InChI is InChI=1S/C24H19N3O3/c28-21(13-16-7-3-1-4-8-16)27-20-11-12-25-23-22(20)18(15-26-23)14-19(24(29)30)17-9-5-2-6-10-17/h1-12,14-15H,13H2,(H,29,30)(H2,25,26,27,28). The van der Waals surface area contributed by atoms with Crippen LogP contribution in [0.15, 0.2) is 79.1 Å². The highest BCUT2D eigenvalue weighted by Crippen LogP contribution is 2.29. The molecule has 0 atom stereocenters. The largest absolute Gasteiger partial charge is 0.478 e. The summed E-state index contributed by atoms with van der Waals surface area (Å²) in [5, 5.41) is 13.3. The minimum Gasteiger partial charge on any atom is -0.478 e. The van der Waals surface area contributed by atoms with Crippen molar-refractivity contribution in [1.29, 1.82) is 0 Å². The number of aliphatic carboxylic acids is 1. The van der Waals surface area contributed by atoms with Crippen LogP contribution in [0.2, 0.25) is 0 Å². The number of rotatable bonds is 6. The van der Waals surface area contributed by atoms with Gasteiger partial charge in [-0.05, 0) is 23.3 Å². The van der Waals surface area contributed by atoms with E-state index in [0.29, 0.717) is 27.8 Å². The number of nitrogens with one attached hydrogen (secondary N) is 2. The number of aromatic nitrogens is 2. The number of H-pyrrole nitrogens is 1. The van der Waals surface area contributed by atoms with E-state index in [0.717, 1.165) is 5.56 Å². The molecular weight excluding hydrogens is 378 g/mol. The van der Waals surface area contributed by atoms with Crippen LogP contribution in [0.4, 0.5) is 5.69 Å². The lowest BCUT2D eigenvalue weighted by molar-refractivity contribution is -0.130. The Hall–Kier alpha value is -4.19. The first-order chi connectivity index (χ1) is 14.6. The first kappa shape index (κ1) is 19.1. The summed E-state index contributed by atoms with van der Waals surface area (Å²) in [6.07, 6.45) is 5.12. The van der Waals surface area contributed by atoms with E-state index in [4.69, 9.17) is 0 Å². The van der Waals surface area contributed by atoms with E-state index in [2.05, 4.69) is 15.3 Å². The minimum atomic E-state index is -1.03. The molecule has 6 heteroatoms. The molecule has 148 valence electrons. The van der Waals surface area contributed by atoms with E-state index in [9.17, 15) is 14.7 Å². The molecule has 0 bridgehead atoms.